The second-order valence-electron chi connectivity index (χ2n) is 3.22. The van der Waals surface area contributed by atoms with Crippen LogP contribution in [0.2, 0.25) is 0 Å². The van der Waals surface area contributed by atoms with Crippen molar-refractivity contribution < 1.29 is 0 Å². The fraction of sp³-hybridized carbons (Fsp3) is 0.556. The minimum Gasteiger partial charge on any atom is -0.124 e. The third-order valence-electron chi connectivity index (χ3n) is 1.58. The summed E-state index contributed by atoms with van der Waals surface area (Å²) in [4.78, 5) is 1.36. The minimum absolute atomic E-state index is 0.799. The first-order valence-electron chi connectivity index (χ1n) is 4.17. The van der Waals surface area contributed by atoms with Gasteiger partial charge in [-0.3, -0.25) is 0 Å². The van der Waals surface area contributed by atoms with Crippen LogP contribution in [0.15, 0.2) is 18.5 Å². The lowest BCUT2D eigenvalue weighted by molar-refractivity contribution is 0.632. The average molecular weight is 344 g/mol. The van der Waals surface area contributed by atoms with E-state index in [-0.39, 0.29) is 0 Å². The molecular weight excluding hydrogens is 332 g/mol. The molecule has 0 aromatic carbocycles. The molecule has 1 aromatic rings. The minimum atomic E-state index is 0.799. The van der Waals surface area contributed by atoms with Crippen molar-refractivity contribution in [2.45, 2.75) is 25.2 Å². The molecule has 0 radical (unpaired) electrons. The molecule has 0 unspecified atom stereocenters. The van der Waals surface area contributed by atoms with Crippen molar-refractivity contribution in [1.29, 1.82) is 0 Å². The largest absolute Gasteiger partial charge is 0.124 e. The number of rotatable bonds is 4. The van der Waals surface area contributed by atoms with Crippen LogP contribution in [0.1, 0.15) is 20.3 Å². The zero-order valence-electron chi connectivity index (χ0n) is 7.64. The first kappa shape index (κ1) is 12.1. The maximum atomic E-state index is 3.55. The first-order valence-corrected chi connectivity index (χ1v) is 7.56. The van der Waals surface area contributed by atoms with Crippen molar-refractivity contribution in [3.05, 3.63) is 13.6 Å². The second-order valence-corrected chi connectivity index (χ2v) is 8.11. The van der Waals surface area contributed by atoms with Crippen LogP contribution in [0, 0.1) is 5.92 Å². The number of hydrogen-bond donors (Lipinski definition) is 0. The summed E-state index contributed by atoms with van der Waals surface area (Å²) in [5.41, 5.74) is 0. The van der Waals surface area contributed by atoms with Crippen LogP contribution in [0.4, 0.5) is 0 Å². The number of halogens is 2. The van der Waals surface area contributed by atoms with Gasteiger partial charge in [-0.25, -0.2) is 0 Å². The SMILES string of the molecule is CC(C)CCSc1cc(Br)sc1Br. The molecule has 0 aliphatic heterocycles. The van der Waals surface area contributed by atoms with Crippen LogP contribution in [-0.2, 0) is 0 Å². The van der Waals surface area contributed by atoms with E-state index in [4.69, 9.17) is 0 Å². The summed E-state index contributed by atoms with van der Waals surface area (Å²) in [5, 5.41) is 0. The summed E-state index contributed by atoms with van der Waals surface area (Å²) >= 11 is 10.7. The molecule has 0 spiro atoms. The molecule has 0 fully saturated rings. The van der Waals surface area contributed by atoms with E-state index in [1.165, 1.54) is 24.6 Å². The summed E-state index contributed by atoms with van der Waals surface area (Å²) < 4.78 is 2.44. The van der Waals surface area contributed by atoms with E-state index in [2.05, 4.69) is 51.8 Å². The molecule has 0 saturated carbocycles. The highest BCUT2D eigenvalue weighted by atomic mass is 79.9. The van der Waals surface area contributed by atoms with Gasteiger partial charge in [0.05, 0.1) is 7.57 Å². The van der Waals surface area contributed by atoms with Crippen LogP contribution in [0.25, 0.3) is 0 Å². The Balaban J connectivity index is 2.40. The Morgan fingerprint density at radius 3 is 2.62 bits per heavy atom. The van der Waals surface area contributed by atoms with Crippen LogP contribution in [0.5, 0.6) is 0 Å². The molecule has 1 aromatic heterocycles. The van der Waals surface area contributed by atoms with Crippen LogP contribution >= 0.6 is 55.0 Å². The highest BCUT2D eigenvalue weighted by Crippen LogP contribution is 2.38. The molecular formula is C9H12Br2S2. The standard InChI is InChI=1S/C9H12Br2S2/c1-6(2)3-4-12-7-5-8(10)13-9(7)11/h5-6H,3-4H2,1-2H3. The molecule has 4 heteroatoms. The Hall–Kier alpha value is 1.01. The van der Waals surface area contributed by atoms with Gasteiger partial charge in [0.15, 0.2) is 0 Å². The molecule has 0 nitrogen and oxygen atoms in total. The predicted molar refractivity (Wildman–Crippen MR) is 69.9 cm³/mol. The second kappa shape index (κ2) is 5.79. The Kier molecular flexibility index (Phi) is 5.38. The molecule has 0 saturated heterocycles. The molecule has 1 rings (SSSR count). The summed E-state index contributed by atoms with van der Waals surface area (Å²) in [6, 6.07) is 2.18. The summed E-state index contributed by atoms with van der Waals surface area (Å²) in [6.07, 6.45) is 1.28. The maximum Gasteiger partial charge on any atom is 0.0846 e. The Morgan fingerprint density at radius 2 is 2.15 bits per heavy atom. The maximum absolute atomic E-state index is 3.55. The highest BCUT2D eigenvalue weighted by molar-refractivity contribution is 9.12. The topological polar surface area (TPSA) is 0 Å². The van der Waals surface area contributed by atoms with Crippen molar-refractivity contribution in [3.63, 3.8) is 0 Å². The molecule has 74 valence electrons. The molecule has 1 heterocycles. The Labute approximate surface area is 105 Å². The van der Waals surface area contributed by atoms with E-state index in [1.54, 1.807) is 11.3 Å². The van der Waals surface area contributed by atoms with Crippen LogP contribution in [-0.4, -0.2) is 5.75 Å². The molecule has 0 atom stereocenters. The van der Waals surface area contributed by atoms with Gasteiger partial charge in [0.2, 0.25) is 0 Å². The van der Waals surface area contributed by atoms with E-state index < -0.39 is 0 Å². The van der Waals surface area contributed by atoms with Gasteiger partial charge in [0, 0.05) is 4.90 Å². The number of hydrogen-bond acceptors (Lipinski definition) is 2. The zero-order chi connectivity index (χ0) is 9.84. The fourth-order valence-electron chi connectivity index (χ4n) is 0.828. The van der Waals surface area contributed by atoms with E-state index >= 15 is 0 Å². The van der Waals surface area contributed by atoms with Crippen molar-refractivity contribution in [2.24, 2.45) is 5.92 Å². The van der Waals surface area contributed by atoms with Gasteiger partial charge in [-0.1, -0.05) is 13.8 Å². The van der Waals surface area contributed by atoms with Crippen LogP contribution < -0.4 is 0 Å². The highest BCUT2D eigenvalue weighted by Gasteiger charge is 2.05. The summed E-state index contributed by atoms with van der Waals surface area (Å²) in [5.74, 6) is 2.01. The quantitative estimate of drug-likeness (QED) is 0.658. The normalized spacial score (nSPS) is 11.2. The van der Waals surface area contributed by atoms with Gasteiger partial charge in [0.1, 0.15) is 0 Å². The fourth-order valence-corrected chi connectivity index (χ4v) is 5.33. The Morgan fingerprint density at radius 1 is 1.46 bits per heavy atom. The lowest BCUT2D eigenvalue weighted by atomic mass is 10.2. The van der Waals surface area contributed by atoms with E-state index in [1.807, 2.05) is 11.8 Å². The first-order chi connectivity index (χ1) is 6.09. The van der Waals surface area contributed by atoms with Crippen molar-refractivity contribution in [1.82, 2.24) is 0 Å². The van der Waals surface area contributed by atoms with Crippen LogP contribution in [0.3, 0.4) is 0 Å². The molecule has 0 amide bonds. The summed E-state index contributed by atoms with van der Waals surface area (Å²) in [7, 11) is 0. The zero-order valence-corrected chi connectivity index (χ0v) is 12.4. The van der Waals surface area contributed by atoms with Gasteiger partial charge in [0.25, 0.3) is 0 Å². The molecule has 0 aliphatic rings. The lowest BCUT2D eigenvalue weighted by Gasteiger charge is -2.02. The smallest absolute Gasteiger partial charge is 0.0846 e. The van der Waals surface area contributed by atoms with E-state index in [9.17, 15) is 0 Å². The van der Waals surface area contributed by atoms with Gasteiger partial charge in [-0.15, -0.1) is 23.1 Å². The molecule has 0 N–H and O–H groups in total. The van der Waals surface area contributed by atoms with Gasteiger partial charge in [-0.2, -0.15) is 0 Å². The van der Waals surface area contributed by atoms with Crippen molar-refractivity contribution >= 4 is 55.0 Å². The monoisotopic (exact) mass is 342 g/mol. The molecule has 0 bridgehead atoms. The predicted octanol–water partition coefficient (Wildman–Crippen LogP) is 5.41. The van der Waals surface area contributed by atoms with E-state index in [0.717, 1.165) is 5.92 Å². The van der Waals surface area contributed by atoms with Crippen molar-refractivity contribution in [3.8, 4) is 0 Å². The van der Waals surface area contributed by atoms with Gasteiger partial charge >= 0.3 is 0 Å². The Bertz CT molecular complexity index is 269. The molecule has 0 aliphatic carbocycles. The summed E-state index contributed by atoms with van der Waals surface area (Å²) in [6.45, 7) is 4.53. The third-order valence-corrected chi connectivity index (χ3v) is 5.38. The van der Waals surface area contributed by atoms with Crippen molar-refractivity contribution in [2.75, 3.05) is 5.75 Å². The van der Waals surface area contributed by atoms with Gasteiger partial charge < -0.3 is 0 Å². The third kappa shape index (κ3) is 4.36. The van der Waals surface area contributed by atoms with Gasteiger partial charge in [-0.05, 0) is 56.0 Å². The average Bonchev–Trinajstić information content (AvgIpc) is 2.29. The lowest BCUT2D eigenvalue weighted by Crippen LogP contribution is -1.88. The molecule has 13 heavy (non-hydrogen) atoms. The van der Waals surface area contributed by atoms with E-state index in [0.29, 0.717) is 0 Å². The number of thiophene rings is 1. The number of thioether (sulfide) groups is 1.